The van der Waals surface area contributed by atoms with Crippen molar-refractivity contribution in [1.82, 2.24) is 39.3 Å². The molecule has 0 aromatic carbocycles. The highest BCUT2D eigenvalue weighted by Crippen LogP contribution is 2.53. The van der Waals surface area contributed by atoms with Crippen molar-refractivity contribution in [3.63, 3.8) is 0 Å². The van der Waals surface area contributed by atoms with E-state index in [1.807, 2.05) is 0 Å². The first kappa shape index (κ1) is 28.0. The molecule has 40 heavy (non-hydrogen) atoms. The lowest BCUT2D eigenvalue weighted by Crippen LogP contribution is -2.28. The molecular formula is C19H22N8O9P2S2. The third-order valence-corrected chi connectivity index (χ3v) is 8.71. The lowest BCUT2D eigenvalue weighted by molar-refractivity contribution is -0.105. The van der Waals surface area contributed by atoms with E-state index in [2.05, 4.69) is 42.4 Å². The number of thiol groups is 1. The van der Waals surface area contributed by atoms with Gasteiger partial charge in [-0.1, -0.05) is 12.2 Å². The molecule has 214 valence electrons. The zero-order chi connectivity index (χ0) is 28.1. The summed E-state index contributed by atoms with van der Waals surface area (Å²) in [6, 6.07) is 0. The molecule has 2 aliphatic rings. The molecule has 2 saturated heterocycles. The third-order valence-electron chi connectivity index (χ3n) is 6.32. The van der Waals surface area contributed by atoms with E-state index in [0.717, 1.165) is 0 Å². The molecule has 0 aliphatic carbocycles. The zero-order valence-electron chi connectivity index (χ0n) is 20.2. The summed E-state index contributed by atoms with van der Waals surface area (Å²) < 4.78 is 43.4. The Bertz CT molecular complexity index is 1690. The van der Waals surface area contributed by atoms with Gasteiger partial charge in [-0.15, -0.1) is 0 Å². The topological polar surface area (TPSA) is 211 Å². The summed E-state index contributed by atoms with van der Waals surface area (Å²) in [5, 5.41) is 6.13. The van der Waals surface area contributed by atoms with E-state index in [4.69, 9.17) is 34.9 Å². The molecule has 0 bridgehead atoms. The van der Waals surface area contributed by atoms with Gasteiger partial charge in [0, 0.05) is 12.8 Å². The highest BCUT2D eigenvalue weighted by Gasteiger charge is 2.43. The monoisotopic (exact) mass is 632 g/mol. The summed E-state index contributed by atoms with van der Waals surface area (Å²) >= 11 is 8.83. The predicted molar refractivity (Wildman–Crippen MR) is 142 cm³/mol. The first-order valence-corrected chi connectivity index (χ1v) is 17.1. The zero-order valence-corrected chi connectivity index (χ0v) is 23.7. The number of rotatable bonds is 9. The fourth-order valence-electron chi connectivity index (χ4n) is 4.62. The van der Waals surface area contributed by atoms with Gasteiger partial charge in [-0.3, -0.25) is 18.4 Å². The summed E-state index contributed by atoms with van der Waals surface area (Å²) in [5.74, 6) is 0. The van der Waals surface area contributed by atoms with Crippen LogP contribution in [-0.2, 0) is 39.4 Å². The SMILES string of the molecule is O=c1[nH]ncc2c1ncn2[C@H]1CC[C@@H](OP(O)(=S)O[C@H]2C[C@H](n3cnc4cncnc43)O[C@@H]2COP(=O)(O)S)O1. The Kier molecular flexibility index (Phi) is 7.64. The molecule has 0 saturated carbocycles. The summed E-state index contributed by atoms with van der Waals surface area (Å²) in [7, 11) is 0. The molecule has 2 fully saturated rings. The molecule has 7 atom stereocenters. The number of hydrogen-bond acceptors (Lipinski definition) is 13. The van der Waals surface area contributed by atoms with Gasteiger partial charge in [-0.05, 0) is 18.2 Å². The number of aromatic amines is 1. The molecule has 0 spiro atoms. The van der Waals surface area contributed by atoms with E-state index < -0.39 is 50.0 Å². The number of imidazole rings is 2. The van der Waals surface area contributed by atoms with Crippen molar-refractivity contribution in [2.45, 2.75) is 50.2 Å². The molecule has 21 heteroatoms. The van der Waals surface area contributed by atoms with Crippen LogP contribution in [0, 0.1) is 0 Å². The lowest BCUT2D eigenvalue weighted by Gasteiger charge is -2.25. The van der Waals surface area contributed by atoms with Gasteiger partial charge < -0.3 is 28.4 Å². The number of nitrogens with one attached hydrogen (secondary N) is 1. The Labute approximate surface area is 234 Å². The van der Waals surface area contributed by atoms with Crippen LogP contribution in [0.5, 0.6) is 0 Å². The van der Waals surface area contributed by atoms with Crippen molar-refractivity contribution in [2.75, 3.05) is 6.61 Å². The summed E-state index contributed by atoms with van der Waals surface area (Å²) in [5.41, 5.74) is 1.30. The molecule has 6 rings (SSSR count). The van der Waals surface area contributed by atoms with Crippen LogP contribution in [0.25, 0.3) is 22.2 Å². The van der Waals surface area contributed by atoms with Gasteiger partial charge in [0.05, 0.1) is 43.3 Å². The van der Waals surface area contributed by atoms with E-state index >= 15 is 0 Å². The number of ether oxygens (including phenoxy) is 2. The second-order valence-corrected chi connectivity index (χ2v) is 14.4. The molecule has 4 aromatic rings. The van der Waals surface area contributed by atoms with Gasteiger partial charge in [-0.25, -0.2) is 29.6 Å². The molecule has 17 nitrogen and oxygen atoms in total. The van der Waals surface area contributed by atoms with Gasteiger partial charge in [0.1, 0.15) is 30.4 Å². The number of hydrogen-bond donors (Lipinski definition) is 4. The third kappa shape index (κ3) is 5.91. The number of aromatic nitrogens is 8. The average Bonchev–Trinajstić information content (AvgIpc) is 3.67. The fraction of sp³-hybridized carbons (Fsp3) is 0.474. The van der Waals surface area contributed by atoms with Gasteiger partial charge in [-0.2, -0.15) is 5.10 Å². The van der Waals surface area contributed by atoms with Gasteiger partial charge in [0.25, 0.3) is 5.56 Å². The first-order valence-electron chi connectivity index (χ1n) is 11.8. The predicted octanol–water partition coefficient (Wildman–Crippen LogP) is 1.55. The molecule has 4 aromatic heterocycles. The van der Waals surface area contributed by atoms with Crippen LogP contribution in [-0.4, -0.2) is 74.2 Å². The number of fused-ring (bicyclic) bond motifs is 2. The van der Waals surface area contributed by atoms with Crippen molar-refractivity contribution < 1.29 is 37.4 Å². The van der Waals surface area contributed by atoms with E-state index in [0.29, 0.717) is 29.5 Å². The standard InChI is InChI=1S/C19H22N8O9P2S2/c28-19-17-11(5-24-25-19)26(9-23-17)14-1-2-16(34-14)36-38(31,40)35-12-3-15(33-13(12)6-32-37(29,30)39)27-8-22-10-4-20-7-21-18(10)27/h4-5,7-9,12-16H,1-3,6H2,(H,25,28)(H,31,40)(H2,29,30,39)/t12-,13+,14+,15+,16+,38?/m0/s1. The van der Waals surface area contributed by atoms with Gasteiger partial charge >= 0.3 is 13.5 Å². The van der Waals surface area contributed by atoms with Crippen molar-refractivity contribution in [1.29, 1.82) is 0 Å². The highest BCUT2D eigenvalue weighted by atomic mass is 32.7. The lowest BCUT2D eigenvalue weighted by atomic mass is 10.2. The summed E-state index contributed by atoms with van der Waals surface area (Å²) in [4.78, 5) is 48.9. The number of H-pyrrole nitrogens is 1. The average molecular weight is 633 g/mol. The Hall–Kier alpha value is -2.15. The minimum absolute atomic E-state index is 0.158. The fourth-order valence-corrected chi connectivity index (χ4v) is 6.85. The van der Waals surface area contributed by atoms with Crippen molar-refractivity contribution in [3.8, 4) is 0 Å². The van der Waals surface area contributed by atoms with Crippen LogP contribution in [0.3, 0.4) is 0 Å². The van der Waals surface area contributed by atoms with Gasteiger partial charge in [0.2, 0.25) is 0 Å². The Morgan fingerprint density at radius 3 is 2.77 bits per heavy atom. The molecule has 2 unspecified atom stereocenters. The second-order valence-electron chi connectivity index (χ2n) is 8.93. The maximum atomic E-state index is 11.9. The van der Waals surface area contributed by atoms with Gasteiger partial charge in [0.15, 0.2) is 17.5 Å². The summed E-state index contributed by atoms with van der Waals surface area (Å²) in [6.45, 7) is -8.44. The molecule has 3 N–H and O–H groups in total. The molecular weight excluding hydrogens is 610 g/mol. The molecule has 0 amide bonds. The van der Waals surface area contributed by atoms with Crippen LogP contribution in [0.4, 0.5) is 0 Å². The van der Waals surface area contributed by atoms with Crippen molar-refractivity contribution >= 4 is 59.8 Å². The Morgan fingerprint density at radius 2 is 1.95 bits per heavy atom. The van der Waals surface area contributed by atoms with Crippen LogP contribution in [0.1, 0.15) is 31.7 Å². The van der Waals surface area contributed by atoms with Crippen LogP contribution < -0.4 is 5.56 Å². The molecule has 0 radical (unpaired) electrons. The Morgan fingerprint density at radius 1 is 1.12 bits per heavy atom. The van der Waals surface area contributed by atoms with Crippen molar-refractivity contribution in [2.24, 2.45) is 0 Å². The van der Waals surface area contributed by atoms with Crippen LogP contribution >= 0.6 is 25.8 Å². The van der Waals surface area contributed by atoms with E-state index in [-0.39, 0.29) is 18.5 Å². The quantitative estimate of drug-likeness (QED) is 0.152. The van der Waals surface area contributed by atoms with E-state index in [1.54, 1.807) is 15.3 Å². The highest BCUT2D eigenvalue weighted by molar-refractivity contribution is 8.44. The Balaban J connectivity index is 1.15. The molecule has 2 aliphatic heterocycles. The second kappa shape index (κ2) is 10.9. The molecule has 6 heterocycles. The van der Waals surface area contributed by atoms with Crippen molar-refractivity contribution in [3.05, 3.63) is 41.7 Å². The maximum Gasteiger partial charge on any atom is 0.383 e. The minimum Gasteiger partial charge on any atom is -0.349 e. The smallest absolute Gasteiger partial charge is 0.349 e. The van der Waals surface area contributed by atoms with E-state index in [9.17, 15) is 19.1 Å². The van der Waals surface area contributed by atoms with Crippen LogP contribution in [0.15, 0.2) is 36.2 Å². The number of nitrogens with zero attached hydrogens (tertiary/aromatic N) is 7. The van der Waals surface area contributed by atoms with E-state index in [1.165, 1.54) is 25.2 Å². The maximum absolute atomic E-state index is 11.9. The largest absolute Gasteiger partial charge is 0.383 e. The minimum atomic E-state index is -4.14. The summed E-state index contributed by atoms with van der Waals surface area (Å²) in [6.07, 6.45) is 4.41. The first-order chi connectivity index (χ1) is 19.1. The normalized spacial score (nSPS) is 28.2. The van der Waals surface area contributed by atoms with Crippen LogP contribution in [0.2, 0.25) is 0 Å².